The molecule has 2 fully saturated rings. The summed E-state index contributed by atoms with van der Waals surface area (Å²) < 4.78 is 28.5. The van der Waals surface area contributed by atoms with Crippen molar-refractivity contribution in [2.45, 2.75) is 76.2 Å². The molecule has 1 saturated carbocycles. The van der Waals surface area contributed by atoms with E-state index in [2.05, 4.69) is 37.8 Å². The Morgan fingerprint density at radius 1 is 0.870 bits per heavy atom. The van der Waals surface area contributed by atoms with E-state index in [-0.39, 0.29) is 41.8 Å². The van der Waals surface area contributed by atoms with Gasteiger partial charge in [-0.15, -0.1) is 10.2 Å². The van der Waals surface area contributed by atoms with Gasteiger partial charge in [0.05, 0.1) is 5.56 Å². The van der Waals surface area contributed by atoms with Crippen LogP contribution in [0.1, 0.15) is 62.1 Å². The molecule has 4 aromatic rings. The molecule has 1 aliphatic heterocycles. The Morgan fingerprint density at radius 3 is 2.28 bits per heavy atom. The number of piperidine rings is 1. The molecule has 0 spiro atoms. The third kappa shape index (κ3) is 7.64. The summed E-state index contributed by atoms with van der Waals surface area (Å²) in [5, 5.41) is 15.5. The number of carbonyl (C=O) groups is 2. The topological polar surface area (TPSA) is 96.2 Å². The summed E-state index contributed by atoms with van der Waals surface area (Å²) in [6, 6.07) is 20.9. The molecular weight excluding hydrogens is 588 g/mol. The standard InChI is InChI=1S/C35H39F2N7O2/c36-27-17-15-26(16-18-27)33(35(46)38-28-11-5-2-6-12-28)44(29-19-21-42(22-20-29)23-25-9-3-1-4-10-25)32(45)24-43-40-34(39-41-43)30-13-7-8-14-31(30)37/h1,3-4,7-10,13-18,28-29,33H,2,5-6,11-12,19-24H2,(H,38,46). The summed E-state index contributed by atoms with van der Waals surface area (Å²) in [4.78, 5) is 33.6. The predicted octanol–water partition coefficient (Wildman–Crippen LogP) is 5.30. The summed E-state index contributed by atoms with van der Waals surface area (Å²) in [6.45, 7) is 1.98. The molecule has 1 aromatic heterocycles. The van der Waals surface area contributed by atoms with E-state index in [1.165, 1.54) is 23.8 Å². The predicted molar refractivity (Wildman–Crippen MR) is 169 cm³/mol. The molecule has 2 aliphatic rings. The molecule has 1 N–H and O–H groups in total. The minimum absolute atomic E-state index is 0.0224. The fraction of sp³-hybridized carbons (Fsp3) is 0.400. The summed E-state index contributed by atoms with van der Waals surface area (Å²) in [7, 11) is 0. The van der Waals surface area contributed by atoms with Gasteiger partial charge in [0.2, 0.25) is 17.6 Å². The summed E-state index contributed by atoms with van der Waals surface area (Å²) >= 11 is 0. The van der Waals surface area contributed by atoms with E-state index < -0.39 is 17.7 Å². The van der Waals surface area contributed by atoms with Gasteiger partial charge in [0.25, 0.3) is 0 Å². The monoisotopic (exact) mass is 627 g/mol. The second-order valence-electron chi connectivity index (χ2n) is 12.2. The lowest BCUT2D eigenvalue weighted by atomic mass is 9.93. The smallest absolute Gasteiger partial charge is 0.247 e. The van der Waals surface area contributed by atoms with E-state index in [1.54, 1.807) is 35.2 Å². The highest BCUT2D eigenvalue weighted by Gasteiger charge is 2.39. The van der Waals surface area contributed by atoms with Crippen LogP contribution in [0.2, 0.25) is 0 Å². The number of likely N-dealkylation sites (tertiary alicyclic amines) is 1. The van der Waals surface area contributed by atoms with E-state index in [0.717, 1.165) is 56.5 Å². The number of tetrazole rings is 1. The molecule has 1 atom stereocenters. The van der Waals surface area contributed by atoms with Gasteiger partial charge in [-0.2, -0.15) is 4.80 Å². The SMILES string of the molecule is O=C(NC1CCCCC1)C(c1ccc(F)cc1)N(C(=O)Cn1nnc(-c2ccccc2F)n1)C1CCN(Cc2ccccc2)CC1. The number of rotatable bonds is 10. The van der Waals surface area contributed by atoms with E-state index in [4.69, 9.17) is 0 Å². The molecule has 2 amide bonds. The largest absolute Gasteiger partial charge is 0.351 e. The molecule has 6 rings (SSSR count). The quantitative estimate of drug-likeness (QED) is 0.256. The highest BCUT2D eigenvalue weighted by molar-refractivity contribution is 5.89. The van der Waals surface area contributed by atoms with Crippen molar-refractivity contribution in [1.82, 2.24) is 35.3 Å². The molecule has 1 saturated heterocycles. The van der Waals surface area contributed by atoms with Gasteiger partial charge in [-0.3, -0.25) is 14.5 Å². The van der Waals surface area contributed by atoms with Gasteiger partial charge in [0.15, 0.2) is 0 Å². The number of aromatic nitrogens is 4. The molecule has 11 heteroatoms. The van der Waals surface area contributed by atoms with Crippen molar-refractivity contribution in [2.24, 2.45) is 0 Å². The van der Waals surface area contributed by atoms with Crippen LogP contribution in [0.25, 0.3) is 11.4 Å². The van der Waals surface area contributed by atoms with Crippen molar-refractivity contribution in [3.8, 4) is 11.4 Å². The molecule has 0 radical (unpaired) electrons. The number of hydrogen-bond acceptors (Lipinski definition) is 6. The maximum absolute atomic E-state index is 14.4. The first-order valence-corrected chi connectivity index (χ1v) is 16.1. The lowest BCUT2D eigenvalue weighted by Crippen LogP contribution is -2.54. The Morgan fingerprint density at radius 2 is 1.57 bits per heavy atom. The number of hydrogen-bond donors (Lipinski definition) is 1. The zero-order valence-electron chi connectivity index (χ0n) is 25.8. The molecule has 46 heavy (non-hydrogen) atoms. The first-order valence-electron chi connectivity index (χ1n) is 16.1. The van der Waals surface area contributed by atoms with Crippen LogP contribution < -0.4 is 5.32 Å². The van der Waals surface area contributed by atoms with Gasteiger partial charge in [0, 0.05) is 31.7 Å². The molecule has 0 bridgehead atoms. The second-order valence-corrected chi connectivity index (χ2v) is 12.2. The number of nitrogens with zero attached hydrogens (tertiary/aromatic N) is 6. The van der Waals surface area contributed by atoms with E-state index in [0.29, 0.717) is 18.4 Å². The van der Waals surface area contributed by atoms with E-state index in [1.807, 2.05) is 18.2 Å². The normalized spacial score (nSPS) is 17.0. The zero-order valence-corrected chi connectivity index (χ0v) is 25.8. The van der Waals surface area contributed by atoms with Crippen LogP contribution >= 0.6 is 0 Å². The molecule has 9 nitrogen and oxygen atoms in total. The number of amides is 2. The third-order valence-electron chi connectivity index (χ3n) is 9.00. The zero-order chi connectivity index (χ0) is 31.9. The Kier molecular flexibility index (Phi) is 10.1. The second kappa shape index (κ2) is 14.7. The Labute approximate surface area is 267 Å². The first kappa shape index (κ1) is 31.5. The van der Waals surface area contributed by atoms with Gasteiger partial charge in [-0.05, 0) is 66.3 Å². The van der Waals surface area contributed by atoms with Crippen molar-refractivity contribution in [3.63, 3.8) is 0 Å². The first-order chi connectivity index (χ1) is 22.4. The third-order valence-corrected chi connectivity index (χ3v) is 9.00. The average molecular weight is 628 g/mol. The van der Waals surface area contributed by atoms with Crippen LogP contribution in [0, 0.1) is 11.6 Å². The average Bonchev–Trinajstić information content (AvgIpc) is 3.53. The Bertz CT molecular complexity index is 1600. The summed E-state index contributed by atoms with van der Waals surface area (Å²) in [6.07, 6.45) is 6.29. The number of benzene rings is 3. The lowest BCUT2D eigenvalue weighted by molar-refractivity contribution is -0.146. The van der Waals surface area contributed by atoms with Crippen LogP contribution in [-0.2, 0) is 22.7 Å². The van der Waals surface area contributed by atoms with Crippen molar-refractivity contribution >= 4 is 11.8 Å². The van der Waals surface area contributed by atoms with Crippen LogP contribution in [0.15, 0.2) is 78.9 Å². The molecule has 2 heterocycles. The highest BCUT2D eigenvalue weighted by atomic mass is 19.1. The number of halogens is 2. The number of carbonyl (C=O) groups excluding carboxylic acids is 2. The van der Waals surface area contributed by atoms with Crippen LogP contribution in [0.5, 0.6) is 0 Å². The minimum Gasteiger partial charge on any atom is -0.351 e. The Hall–Kier alpha value is -4.51. The molecule has 3 aromatic carbocycles. The van der Waals surface area contributed by atoms with Gasteiger partial charge < -0.3 is 10.2 Å². The molecular formula is C35H39F2N7O2. The van der Waals surface area contributed by atoms with E-state index in [9.17, 15) is 18.4 Å². The molecule has 1 aliphatic carbocycles. The van der Waals surface area contributed by atoms with Gasteiger partial charge >= 0.3 is 0 Å². The molecule has 1 unspecified atom stereocenters. The van der Waals surface area contributed by atoms with Crippen molar-refractivity contribution in [2.75, 3.05) is 13.1 Å². The molecule has 240 valence electrons. The maximum Gasteiger partial charge on any atom is 0.247 e. The lowest BCUT2D eigenvalue weighted by Gasteiger charge is -2.42. The van der Waals surface area contributed by atoms with Gasteiger partial charge in [-0.25, -0.2) is 8.78 Å². The Balaban J connectivity index is 1.28. The van der Waals surface area contributed by atoms with E-state index >= 15 is 0 Å². The fourth-order valence-corrected chi connectivity index (χ4v) is 6.63. The van der Waals surface area contributed by atoms with Crippen LogP contribution in [0.4, 0.5) is 8.78 Å². The van der Waals surface area contributed by atoms with Gasteiger partial charge in [0.1, 0.15) is 24.2 Å². The highest BCUT2D eigenvalue weighted by Crippen LogP contribution is 2.31. The minimum atomic E-state index is -0.977. The van der Waals surface area contributed by atoms with Crippen LogP contribution in [-0.4, -0.2) is 67.0 Å². The van der Waals surface area contributed by atoms with Crippen molar-refractivity contribution in [1.29, 1.82) is 0 Å². The maximum atomic E-state index is 14.4. The number of nitrogens with one attached hydrogen (secondary N) is 1. The van der Waals surface area contributed by atoms with Crippen LogP contribution in [0.3, 0.4) is 0 Å². The summed E-state index contributed by atoms with van der Waals surface area (Å²) in [5.74, 6) is -1.50. The summed E-state index contributed by atoms with van der Waals surface area (Å²) in [5.41, 5.74) is 1.93. The van der Waals surface area contributed by atoms with Crippen molar-refractivity contribution < 1.29 is 18.4 Å². The fourth-order valence-electron chi connectivity index (χ4n) is 6.63. The van der Waals surface area contributed by atoms with Crippen molar-refractivity contribution in [3.05, 3.63) is 102 Å². The van der Waals surface area contributed by atoms with Gasteiger partial charge in [-0.1, -0.05) is 73.9 Å².